The van der Waals surface area contributed by atoms with Crippen LogP contribution in [0.4, 0.5) is 11.4 Å². The van der Waals surface area contributed by atoms with E-state index in [2.05, 4.69) is 0 Å². The average molecular weight is 275 g/mol. The van der Waals surface area contributed by atoms with Crippen molar-refractivity contribution in [3.63, 3.8) is 0 Å². The Morgan fingerprint density at radius 2 is 2.06 bits per heavy atom. The third-order valence-corrected chi connectivity index (χ3v) is 3.95. The lowest BCUT2D eigenvalue weighted by molar-refractivity contribution is 0.598. The predicted octanol–water partition coefficient (Wildman–Crippen LogP) is 0.715. The minimum atomic E-state index is -3.74. The van der Waals surface area contributed by atoms with Crippen LogP contribution in [-0.2, 0) is 10.0 Å². The number of rotatable bonds is 5. The van der Waals surface area contributed by atoms with E-state index in [4.69, 9.17) is 10.9 Å². The molecule has 1 aromatic carbocycles. The number of nitrogens with two attached hydrogens (primary N) is 2. The van der Waals surface area contributed by atoms with E-state index in [0.717, 1.165) is 18.0 Å². The molecule has 0 saturated heterocycles. The largest absolute Gasteiger partial charge is 0.398 e. The molecule has 0 spiro atoms. The van der Waals surface area contributed by atoms with Crippen molar-refractivity contribution >= 4 is 33.2 Å². The summed E-state index contributed by atoms with van der Waals surface area (Å²) in [6, 6.07) is 4.77. The first-order valence-corrected chi connectivity index (χ1v) is 7.92. The fourth-order valence-electron chi connectivity index (χ4n) is 1.39. The van der Waals surface area contributed by atoms with Crippen LogP contribution in [0.3, 0.4) is 0 Å². The molecule has 0 heterocycles. The summed E-state index contributed by atoms with van der Waals surface area (Å²) in [6.45, 7) is 0.870. The summed E-state index contributed by atoms with van der Waals surface area (Å²) < 4.78 is 22.4. The molecule has 17 heavy (non-hydrogen) atoms. The van der Waals surface area contributed by atoms with E-state index in [-0.39, 0.29) is 10.6 Å². The smallest absolute Gasteiger partial charge is 0.240 e. The SMILES string of the molecule is CSCCN(C)c1ccc(S(N)(=O)=O)c(N)c1. The van der Waals surface area contributed by atoms with E-state index < -0.39 is 10.0 Å². The first kappa shape index (κ1) is 14.1. The molecular weight excluding hydrogens is 258 g/mol. The maximum Gasteiger partial charge on any atom is 0.240 e. The Labute approximate surface area is 106 Å². The van der Waals surface area contributed by atoms with Crippen molar-refractivity contribution in [2.45, 2.75) is 4.90 Å². The van der Waals surface area contributed by atoms with Crippen molar-refractivity contribution in [3.8, 4) is 0 Å². The van der Waals surface area contributed by atoms with Crippen molar-refractivity contribution in [3.05, 3.63) is 18.2 Å². The van der Waals surface area contributed by atoms with Gasteiger partial charge >= 0.3 is 0 Å². The summed E-state index contributed by atoms with van der Waals surface area (Å²) in [4.78, 5) is 1.99. The number of thioether (sulfide) groups is 1. The van der Waals surface area contributed by atoms with Crippen LogP contribution in [0.25, 0.3) is 0 Å². The highest BCUT2D eigenvalue weighted by Gasteiger charge is 2.13. The highest BCUT2D eigenvalue weighted by atomic mass is 32.2. The Morgan fingerprint density at radius 1 is 1.41 bits per heavy atom. The van der Waals surface area contributed by atoms with Gasteiger partial charge in [0.05, 0.1) is 5.69 Å². The molecule has 0 bridgehead atoms. The Balaban J connectivity index is 2.97. The maximum atomic E-state index is 11.2. The van der Waals surface area contributed by atoms with Crippen LogP contribution in [0.5, 0.6) is 0 Å². The zero-order valence-electron chi connectivity index (χ0n) is 9.88. The van der Waals surface area contributed by atoms with Gasteiger partial charge in [-0.05, 0) is 24.5 Å². The standard InChI is InChI=1S/C10H17N3O2S2/c1-13(5-6-16-2)8-3-4-10(9(11)7-8)17(12,14)15/h3-4,7H,5-6,11H2,1-2H3,(H2,12,14,15). The number of hydrogen-bond acceptors (Lipinski definition) is 5. The molecule has 96 valence electrons. The lowest BCUT2D eigenvalue weighted by Crippen LogP contribution is -2.21. The van der Waals surface area contributed by atoms with Gasteiger partial charge in [0, 0.05) is 25.0 Å². The van der Waals surface area contributed by atoms with E-state index in [9.17, 15) is 8.42 Å². The molecule has 0 atom stereocenters. The van der Waals surface area contributed by atoms with Crippen LogP contribution in [0, 0.1) is 0 Å². The Kier molecular flexibility index (Phi) is 4.67. The minimum absolute atomic E-state index is 0.0282. The Morgan fingerprint density at radius 3 is 2.53 bits per heavy atom. The van der Waals surface area contributed by atoms with E-state index in [1.165, 1.54) is 6.07 Å². The molecule has 0 saturated carbocycles. The molecule has 1 aromatic rings. The van der Waals surface area contributed by atoms with Gasteiger partial charge in [-0.15, -0.1) is 0 Å². The summed E-state index contributed by atoms with van der Waals surface area (Å²) in [5.41, 5.74) is 6.74. The fraction of sp³-hybridized carbons (Fsp3) is 0.400. The average Bonchev–Trinajstić information content (AvgIpc) is 2.23. The molecule has 0 radical (unpaired) electrons. The predicted molar refractivity (Wildman–Crippen MR) is 73.9 cm³/mol. The van der Waals surface area contributed by atoms with Crippen LogP contribution in [0.1, 0.15) is 0 Å². The molecule has 0 amide bonds. The Bertz CT molecular complexity index is 488. The van der Waals surface area contributed by atoms with Gasteiger partial charge in [-0.25, -0.2) is 13.6 Å². The van der Waals surface area contributed by atoms with Crippen LogP contribution in [-0.4, -0.2) is 34.0 Å². The number of sulfonamides is 1. The molecule has 0 unspecified atom stereocenters. The lowest BCUT2D eigenvalue weighted by atomic mass is 10.2. The zero-order valence-corrected chi connectivity index (χ0v) is 11.5. The lowest BCUT2D eigenvalue weighted by Gasteiger charge is -2.19. The molecule has 0 aliphatic carbocycles. The van der Waals surface area contributed by atoms with Gasteiger partial charge in [-0.3, -0.25) is 0 Å². The molecular formula is C10H17N3O2S2. The van der Waals surface area contributed by atoms with Crippen LogP contribution in [0.2, 0.25) is 0 Å². The van der Waals surface area contributed by atoms with E-state index in [1.807, 2.05) is 18.2 Å². The number of benzene rings is 1. The molecule has 0 fully saturated rings. The zero-order chi connectivity index (χ0) is 13.1. The second kappa shape index (κ2) is 5.61. The number of nitrogens with zero attached hydrogens (tertiary/aromatic N) is 1. The molecule has 7 heteroatoms. The molecule has 0 aliphatic heterocycles. The fourth-order valence-corrected chi connectivity index (χ4v) is 2.49. The first-order chi connectivity index (χ1) is 7.86. The van der Waals surface area contributed by atoms with Crippen LogP contribution < -0.4 is 15.8 Å². The molecule has 0 aliphatic rings. The van der Waals surface area contributed by atoms with Gasteiger partial charge in [-0.2, -0.15) is 11.8 Å². The second-order valence-electron chi connectivity index (χ2n) is 3.68. The summed E-state index contributed by atoms with van der Waals surface area (Å²) in [5, 5.41) is 5.04. The Hall–Kier alpha value is -0.920. The minimum Gasteiger partial charge on any atom is -0.398 e. The van der Waals surface area contributed by atoms with Gasteiger partial charge in [0.2, 0.25) is 10.0 Å². The number of nitrogen functional groups attached to an aromatic ring is 1. The second-order valence-corrected chi connectivity index (χ2v) is 6.20. The van der Waals surface area contributed by atoms with Gasteiger partial charge in [-0.1, -0.05) is 0 Å². The summed E-state index contributed by atoms with van der Waals surface area (Å²) in [6.07, 6.45) is 2.03. The van der Waals surface area contributed by atoms with Gasteiger partial charge < -0.3 is 10.6 Å². The van der Waals surface area contributed by atoms with Crippen molar-refractivity contribution in [2.24, 2.45) is 5.14 Å². The topological polar surface area (TPSA) is 89.4 Å². The highest BCUT2D eigenvalue weighted by Crippen LogP contribution is 2.23. The quantitative estimate of drug-likeness (QED) is 0.773. The van der Waals surface area contributed by atoms with Crippen LogP contribution >= 0.6 is 11.8 Å². The number of hydrogen-bond donors (Lipinski definition) is 2. The van der Waals surface area contributed by atoms with Gasteiger partial charge in [0.1, 0.15) is 4.90 Å². The molecule has 1 rings (SSSR count). The van der Waals surface area contributed by atoms with E-state index >= 15 is 0 Å². The van der Waals surface area contributed by atoms with Gasteiger partial charge in [0.15, 0.2) is 0 Å². The van der Waals surface area contributed by atoms with Gasteiger partial charge in [0.25, 0.3) is 0 Å². The normalized spacial score (nSPS) is 11.5. The third kappa shape index (κ3) is 3.79. The summed E-state index contributed by atoms with van der Waals surface area (Å²) >= 11 is 1.75. The molecule has 5 nitrogen and oxygen atoms in total. The maximum absolute atomic E-state index is 11.2. The van der Waals surface area contributed by atoms with Crippen molar-refractivity contribution < 1.29 is 8.42 Å². The summed E-state index contributed by atoms with van der Waals surface area (Å²) in [7, 11) is -1.81. The monoisotopic (exact) mass is 275 g/mol. The van der Waals surface area contributed by atoms with Crippen molar-refractivity contribution in [1.82, 2.24) is 0 Å². The first-order valence-electron chi connectivity index (χ1n) is 4.98. The summed E-state index contributed by atoms with van der Waals surface area (Å²) in [5.74, 6) is 0.993. The third-order valence-electron chi connectivity index (χ3n) is 2.37. The van der Waals surface area contributed by atoms with Crippen molar-refractivity contribution in [2.75, 3.05) is 36.2 Å². The van der Waals surface area contributed by atoms with Crippen molar-refractivity contribution in [1.29, 1.82) is 0 Å². The van der Waals surface area contributed by atoms with Crippen LogP contribution in [0.15, 0.2) is 23.1 Å². The highest BCUT2D eigenvalue weighted by molar-refractivity contribution is 7.98. The number of primary sulfonamides is 1. The number of anilines is 2. The molecule has 0 aromatic heterocycles. The van der Waals surface area contributed by atoms with E-state index in [1.54, 1.807) is 23.9 Å². The van der Waals surface area contributed by atoms with E-state index in [0.29, 0.717) is 0 Å². The molecule has 4 N–H and O–H groups in total.